The van der Waals surface area contributed by atoms with Gasteiger partial charge in [-0.25, -0.2) is 0 Å². The third-order valence-electron chi connectivity index (χ3n) is 4.10. The van der Waals surface area contributed by atoms with Gasteiger partial charge in [-0.2, -0.15) is 0 Å². The molecule has 1 aliphatic rings. The van der Waals surface area contributed by atoms with Crippen LogP contribution in [0.15, 0.2) is 48.5 Å². The average molecular weight is 368 g/mol. The molecular formula is C16H18IP. The summed E-state index contributed by atoms with van der Waals surface area (Å²) in [6.07, 6.45) is 2.58. The maximum Gasteiger partial charge on any atom is 0.107 e. The van der Waals surface area contributed by atoms with Crippen LogP contribution in [-0.2, 0) is 0 Å². The van der Waals surface area contributed by atoms with E-state index >= 15 is 0 Å². The number of hydrogen-bond donors (Lipinski definition) is 0. The summed E-state index contributed by atoms with van der Waals surface area (Å²) in [5.74, 6) is 0. The molecule has 0 amide bonds. The Balaban J connectivity index is 0.00000120. The molecule has 2 aromatic rings. The Kier molecular flexibility index (Phi) is 4.13. The van der Waals surface area contributed by atoms with Crippen LogP contribution in [-0.4, -0.2) is 12.3 Å². The first-order valence-corrected chi connectivity index (χ1v) is 8.56. The maximum absolute atomic E-state index is 2.36. The van der Waals surface area contributed by atoms with Gasteiger partial charge in [-0.05, 0) is 26.0 Å². The SMILES string of the molecule is CC[P+]1(CC)c2ccccc2-c2ccccc21.[I-]. The van der Waals surface area contributed by atoms with Crippen LogP contribution in [0.4, 0.5) is 0 Å². The van der Waals surface area contributed by atoms with E-state index in [9.17, 15) is 0 Å². The van der Waals surface area contributed by atoms with Crippen LogP contribution in [0.2, 0.25) is 0 Å². The van der Waals surface area contributed by atoms with E-state index in [0.29, 0.717) is 0 Å². The zero-order valence-corrected chi connectivity index (χ0v) is 13.9. The molecule has 18 heavy (non-hydrogen) atoms. The van der Waals surface area contributed by atoms with E-state index in [1.807, 2.05) is 0 Å². The first-order chi connectivity index (χ1) is 8.33. The van der Waals surface area contributed by atoms with E-state index in [-0.39, 0.29) is 24.0 Å². The molecule has 0 nitrogen and oxygen atoms in total. The molecule has 1 heterocycles. The molecule has 2 heteroatoms. The second kappa shape index (κ2) is 5.30. The predicted molar refractivity (Wildman–Crippen MR) is 79.1 cm³/mol. The first-order valence-electron chi connectivity index (χ1n) is 6.40. The Morgan fingerprint density at radius 3 is 1.50 bits per heavy atom. The van der Waals surface area contributed by atoms with Crippen LogP contribution in [0.1, 0.15) is 13.8 Å². The molecule has 0 spiro atoms. The highest BCUT2D eigenvalue weighted by Gasteiger charge is 2.47. The number of halogens is 1. The smallest absolute Gasteiger partial charge is 0.107 e. The number of benzene rings is 2. The summed E-state index contributed by atoms with van der Waals surface area (Å²) in [7, 11) is -1.09. The number of rotatable bonds is 2. The van der Waals surface area contributed by atoms with Crippen molar-refractivity contribution >= 4 is 17.9 Å². The zero-order chi connectivity index (χ0) is 11.9. The lowest BCUT2D eigenvalue weighted by molar-refractivity contribution is -0.00000337. The van der Waals surface area contributed by atoms with Crippen molar-refractivity contribution in [3.8, 4) is 11.1 Å². The molecule has 0 radical (unpaired) electrons. The Bertz CT molecular complexity index is 511. The lowest BCUT2D eigenvalue weighted by Gasteiger charge is -2.20. The third-order valence-corrected chi connectivity index (χ3v) is 8.88. The van der Waals surface area contributed by atoms with E-state index in [2.05, 4.69) is 62.4 Å². The third kappa shape index (κ3) is 1.75. The summed E-state index contributed by atoms with van der Waals surface area (Å²) >= 11 is 0. The molecule has 0 saturated carbocycles. The quantitative estimate of drug-likeness (QED) is 0.541. The van der Waals surface area contributed by atoms with Gasteiger partial charge in [0, 0.05) is 11.1 Å². The van der Waals surface area contributed by atoms with Gasteiger partial charge in [0.1, 0.15) is 10.6 Å². The monoisotopic (exact) mass is 368 g/mol. The molecule has 94 valence electrons. The van der Waals surface area contributed by atoms with Gasteiger partial charge >= 0.3 is 0 Å². The van der Waals surface area contributed by atoms with Crippen LogP contribution < -0.4 is 34.6 Å². The normalized spacial score (nSPS) is 14.6. The molecule has 0 bridgehead atoms. The second-order valence-corrected chi connectivity index (χ2v) is 8.80. The van der Waals surface area contributed by atoms with Gasteiger partial charge in [-0.1, -0.05) is 36.4 Å². The van der Waals surface area contributed by atoms with Gasteiger partial charge in [0.2, 0.25) is 0 Å². The molecule has 0 aromatic heterocycles. The zero-order valence-electron chi connectivity index (χ0n) is 10.9. The molecule has 0 unspecified atom stereocenters. The Labute approximate surface area is 127 Å². The summed E-state index contributed by atoms with van der Waals surface area (Å²) in [5, 5.41) is 3.26. The van der Waals surface area contributed by atoms with Crippen molar-refractivity contribution in [3.05, 3.63) is 48.5 Å². The van der Waals surface area contributed by atoms with Crippen LogP contribution >= 0.6 is 7.26 Å². The first kappa shape index (κ1) is 14.0. The van der Waals surface area contributed by atoms with E-state index in [1.54, 1.807) is 10.6 Å². The largest absolute Gasteiger partial charge is 1.00 e. The Hall–Kier alpha value is -0.400. The van der Waals surface area contributed by atoms with Crippen molar-refractivity contribution in [1.82, 2.24) is 0 Å². The van der Waals surface area contributed by atoms with Crippen molar-refractivity contribution in [2.45, 2.75) is 13.8 Å². The molecule has 0 aliphatic carbocycles. The molecule has 0 fully saturated rings. The second-order valence-electron chi connectivity index (χ2n) is 4.63. The topological polar surface area (TPSA) is 0 Å². The van der Waals surface area contributed by atoms with E-state index in [0.717, 1.165) is 0 Å². The van der Waals surface area contributed by atoms with Crippen LogP contribution in [0.5, 0.6) is 0 Å². The highest BCUT2D eigenvalue weighted by atomic mass is 127. The van der Waals surface area contributed by atoms with Gasteiger partial charge in [0.15, 0.2) is 0 Å². The molecular weight excluding hydrogens is 350 g/mol. The average Bonchev–Trinajstić information content (AvgIpc) is 2.70. The van der Waals surface area contributed by atoms with Crippen molar-refractivity contribution in [1.29, 1.82) is 0 Å². The van der Waals surface area contributed by atoms with Crippen LogP contribution in [0.3, 0.4) is 0 Å². The Morgan fingerprint density at radius 2 is 1.11 bits per heavy atom. The number of hydrogen-bond acceptors (Lipinski definition) is 0. The maximum atomic E-state index is 2.36. The fraction of sp³-hybridized carbons (Fsp3) is 0.250. The van der Waals surface area contributed by atoms with Crippen molar-refractivity contribution in [2.24, 2.45) is 0 Å². The fourth-order valence-electron chi connectivity index (χ4n) is 3.18. The van der Waals surface area contributed by atoms with E-state index < -0.39 is 7.26 Å². The minimum absolute atomic E-state index is 0. The highest BCUT2D eigenvalue weighted by Crippen LogP contribution is 2.62. The minimum Gasteiger partial charge on any atom is -1.00 e. The van der Waals surface area contributed by atoms with Crippen LogP contribution in [0.25, 0.3) is 11.1 Å². The molecule has 0 atom stereocenters. The van der Waals surface area contributed by atoms with Crippen molar-refractivity contribution < 1.29 is 24.0 Å². The lowest BCUT2D eigenvalue weighted by Crippen LogP contribution is -3.00. The molecule has 2 aromatic carbocycles. The van der Waals surface area contributed by atoms with Crippen molar-refractivity contribution in [2.75, 3.05) is 12.3 Å². The highest BCUT2D eigenvalue weighted by molar-refractivity contribution is 7.90. The predicted octanol–water partition coefficient (Wildman–Crippen LogP) is 0.679. The summed E-state index contributed by atoms with van der Waals surface area (Å²) in [5.41, 5.74) is 2.97. The lowest BCUT2D eigenvalue weighted by atomic mass is 10.1. The summed E-state index contributed by atoms with van der Waals surface area (Å²) in [6, 6.07) is 18.0. The molecule has 3 rings (SSSR count). The van der Waals surface area contributed by atoms with Gasteiger partial charge in [0.25, 0.3) is 0 Å². The fourth-order valence-corrected chi connectivity index (χ4v) is 7.31. The summed E-state index contributed by atoms with van der Waals surface area (Å²) < 4.78 is 0. The van der Waals surface area contributed by atoms with Crippen molar-refractivity contribution in [3.63, 3.8) is 0 Å². The van der Waals surface area contributed by atoms with Crippen LogP contribution in [0, 0.1) is 0 Å². The van der Waals surface area contributed by atoms with Gasteiger partial charge < -0.3 is 24.0 Å². The molecule has 0 N–H and O–H groups in total. The molecule has 0 saturated heterocycles. The van der Waals surface area contributed by atoms with Gasteiger partial charge in [-0.15, -0.1) is 0 Å². The Morgan fingerprint density at radius 1 is 0.722 bits per heavy atom. The van der Waals surface area contributed by atoms with Gasteiger partial charge in [-0.3, -0.25) is 0 Å². The van der Waals surface area contributed by atoms with E-state index in [1.165, 1.54) is 23.5 Å². The minimum atomic E-state index is -1.09. The molecule has 1 aliphatic heterocycles. The summed E-state index contributed by atoms with van der Waals surface area (Å²) in [4.78, 5) is 0. The summed E-state index contributed by atoms with van der Waals surface area (Å²) in [6.45, 7) is 4.71. The van der Waals surface area contributed by atoms with E-state index in [4.69, 9.17) is 0 Å². The standard InChI is InChI=1S/C16H18P.HI/c1-3-17(4-2)15-11-7-5-9-13(15)14-10-6-8-12-16(14)17;/h5-12H,3-4H2,1-2H3;1H/q+1;/p-1. The number of fused-ring (bicyclic) bond motifs is 3. The van der Waals surface area contributed by atoms with Gasteiger partial charge in [0.05, 0.1) is 19.6 Å².